The van der Waals surface area contributed by atoms with E-state index in [1.807, 2.05) is 0 Å². The molecule has 1 heteroatoms. The first-order valence-electron chi connectivity index (χ1n) is 8.60. The Morgan fingerprint density at radius 2 is 1.79 bits per heavy atom. The Morgan fingerprint density at radius 3 is 2.47 bits per heavy atom. The highest BCUT2D eigenvalue weighted by molar-refractivity contribution is 4.85. The quantitative estimate of drug-likeness (QED) is 0.576. The minimum absolute atomic E-state index is 0.586. The molecule has 0 aromatic heterocycles. The van der Waals surface area contributed by atoms with Crippen LogP contribution in [0.3, 0.4) is 0 Å². The highest BCUT2D eigenvalue weighted by Crippen LogP contribution is 2.38. The summed E-state index contributed by atoms with van der Waals surface area (Å²) in [5.41, 5.74) is 0. The van der Waals surface area contributed by atoms with E-state index in [0.717, 1.165) is 11.8 Å². The van der Waals surface area contributed by atoms with Gasteiger partial charge in [-0.15, -0.1) is 0 Å². The van der Waals surface area contributed by atoms with Gasteiger partial charge in [0.1, 0.15) is 0 Å². The molecule has 0 bridgehead atoms. The SMILES string of the molecule is CC=CCCC1CCC(C2CCC(CCC)O2)CC1. The molecule has 0 amide bonds. The van der Waals surface area contributed by atoms with E-state index in [1.54, 1.807) is 0 Å². The van der Waals surface area contributed by atoms with Gasteiger partial charge in [0.2, 0.25) is 0 Å². The monoisotopic (exact) mass is 264 g/mol. The molecular formula is C18H32O. The first-order valence-corrected chi connectivity index (χ1v) is 8.60. The van der Waals surface area contributed by atoms with Gasteiger partial charge in [0.25, 0.3) is 0 Å². The third kappa shape index (κ3) is 4.63. The van der Waals surface area contributed by atoms with E-state index < -0.39 is 0 Å². The van der Waals surface area contributed by atoms with Crippen LogP contribution in [0, 0.1) is 11.8 Å². The number of ether oxygens (including phenoxy) is 1. The summed E-state index contributed by atoms with van der Waals surface area (Å²) < 4.78 is 6.26. The Hall–Kier alpha value is -0.300. The summed E-state index contributed by atoms with van der Waals surface area (Å²) in [6.45, 7) is 4.40. The molecule has 2 atom stereocenters. The van der Waals surface area contributed by atoms with Crippen LogP contribution in [0.15, 0.2) is 12.2 Å². The maximum Gasteiger partial charge on any atom is 0.0608 e. The fraction of sp³-hybridized carbons (Fsp3) is 0.889. The molecule has 0 spiro atoms. The maximum absolute atomic E-state index is 6.26. The Kier molecular flexibility index (Phi) is 6.43. The van der Waals surface area contributed by atoms with E-state index in [4.69, 9.17) is 4.74 Å². The van der Waals surface area contributed by atoms with Crippen LogP contribution >= 0.6 is 0 Å². The molecule has 0 radical (unpaired) electrons. The molecule has 2 rings (SSSR count). The molecule has 1 nitrogen and oxygen atoms in total. The smallest absolute Gasteiger partial charge is 0.0608 e. The molecule has 0 N–H and O–H groups in total. The highest BCUT2D eigenvalue weighted by Gasteiger charge is 2.33. The van der Waals surface area contributed by atoms with Gasteiger partial charge in [-0.05, 0) is 63.7 Å². The van der Waals surface area contributed by atoms with Crippen molar-refractivity contribution in [1.82, 2.24) is 0 Å². The van der Waals surface area contributed by atoms with Gasteiger partial charge in [0.05, 0.1) is 12.2 Å². The predicted molar refractivity (Wildman–Crippen MR) is 82.3 cm³/mol. The summed E-state index contributed by atoms with van der Waals surface area (Å²) in [6, 6.07) is 0. The first kappa shape index (κ1) is 15.1. The van der Waals surface area contributed by atoms with Gasteiger partial charge in [0, 0.05) is 0 Å². The van der Waals surface area contributed by atoms with Crippen LogP contribution in [-0.4, -0.2) is 12.2 Å². The van der Waals surface area contributed by atoms with Gasteiger partial charge >= 0.3 is 0 Å². The molecule has 1 heterocycles. The van der Waals surface area contributed by atoms with Crippen LogP contribution in [0.25, 0.3) is 0 Å². The highest BCUT2D eigenvalue weighted by atomic mass is 16.5. The third-order valence-electron chi connectivity index (χ3n) is 5.15. The minimum Gasteiger partial charge on any atom is -0.375 e. The van der Waals surface area contributed by atoms with E-state index in [9.17, 15) is 0 Å². The Morgan fingerprint density at radius 1 is 1.00 bits per heavy atom. The van der Waals surface area contributed by atoms with Crippen LogP contribution in [0.5, 0.6) is 0 Å². The van der Waals surface area contributed by atoms with Crippen molar-refractivity contribution < 1.29 is 4.74 Å². The van der Waals surface area contributed by atoms with Crippen LogP contribution < -0.4 is 0 Å². The second-order valence-corrected chi connectivity index (χ2v) is 6.59. The average Bonchev–Trinajstić information content (AvgIpc) is 2.89. The van der Waals surface area contributed by atoms with Gasteiger partial charge in [-0.2, -0.15) is 0 Å². The zero-order chi connectivity index (χ0) is 13.5. The first-order chi connectivity index (χ1) is 9.33. The van der Waals surface area contributed by atoms with Crippen molar-refractivity contribution in [3.63, 3.8) is 0 Å². The summed E-state index contributed by atoms with van der Waals surface area (Å²) in [5.74, 6) is 1.86. The van der Waals surface area contributed by atoms with Crippen molar-refractivity contribution in [3.05, 3.63) is 12.2 Å². The van der Waals surface area contributed by atoms with Crippen molar-refractivity contribution in [2.24, 2.45) is 11.8 Å². The number of hydrogen-bond acceptors (Lipinski definition) is 1. The molecule has 110 valence electrons. The van der Waals surface area contributed by atoms with E-state index in [2.05, 4.69) is 26.0 Å². The number of allylic oxidation sites excluding steroid dienone is 2. The van der Waals surface area contributed by atoms with E-state index in [1.165, 1.54) is 64.2 Å². The normalized spacial score (nSPS) is 36.1. The lowest BCUT2D eigenvalue weighted by atomic mass is 9.77. The summed E-state index contributed by atoms with van der Waals surface area (Å²) in [4.78, 5) is 0. The molecule has 1 aliphatic heterocycles. The zero-order valence-electron chi connectivity index (χ0n) is 12.9. The molecule has 1 aliphatic carbocycles. The van der Waals surface area contributed by atoms with Crippen LogP contribution in [0.2, 0.25) is 0 Å². The van der Waals surface area contributed by atoms with Gasteiger partial charge < -0.3 is 4.74 Å². The van der Waals surface area contributed by atoms with Gasteiger partial charge in [-0.3, -0.25) is 0 Å². The molecule has 2 aliphatic rings. The Balaban J connectivity index is 1.66. The summed E-state index contributed by atoms with van der Waals surface area (Å²) in [6.07, 6.45) is 19.3. The van der Waals surface area contributed by atoms with Gasteiger partial charge in [0.15, 0.2) is 0 Å². The molecule has 1 saturated carbocycles. The standard InChI is InChI=1S/C18H32O/c1-3-5-6-8-15-9-11-16(12-10-15)18-14-13-17(19-18)7-4-2/h3,5,15-18H,4,6-14H2,1-2H3. The van der Waals surface area contributed by atoms with E-state index >= 15 is 0 Å². The van der Waals surface area contributed by atoms with Crippen molar-refractivity contribution in [2.75, 3.05) is 0 Å². The molecule has 1 saturated heterocycles. The molecule has 19 heavy (non-hydrogen) atoms. The molecule has 0 aromatic rings. The van der Waals surface area contributed by atoms with E-state index in [0.29, 0.717) is 12.2 Å². The zero-order valence-corrected chi connectivity index (χ0v) is 12.9. The summed E-state index contributed by atoms with van der Waals surface area (Å²) >= 11 is 0. The molecule has 2 unspecified atom stereocenters. The second-order valence-electron chi connectivity index (χ2n) is 6.59. The topological polar surface area (TPSA) is 9.23 Å². The van der Waals surface area contributed by atoms with Gasteiger partial charge in [-0.25, -0.2) is 0 Å². The van der Waals surface area contributed by atoms with Crippen molar-refractivity contribution >= 4 is 0 Å². The lowest BCUT2D eigenvalue weighted by Gasteiger charge is -2.32. The molecule has 0 aromatic carbocycles. The second kappa shape index (κ2) is 8.09. The largest absolute Gasteiger partial charge is 0.375 e. The Labute approximate surface area is 119 Å². The van der Waals surface area contributed by atoms with Gasteiger partial charge in [-0.1, -0.05) is 38.3 Å². The lowest BCUT2D eigenvalue weighted by molar-refractivity contribution is -0.00722. The fourth-order valence-electron chi connectivity index (χ4n) is 3.96. The van der Waals surface area contributed by atoms with Crippen molar-refractivity contribution in [2.45, 2.75) is 90.3 Å². The van der Waals surface area contributed by atoms with E-state index in [-0.39, 0.29) is 0 Å². The fourth-order valence-corrected chi connectivity index (χ4v) is 3.96. The summed E-state index contributed by atoms with van der Waals surface area (Å²) in [5, 5.41) is 0. The minimum atomic E-state index is 0.586. The van der Waals surface area contributed by atoms with Crippen LogP contribution in [0.4, 0.5) is 0 Å². The number of rotatable bonds is 6. The average molecular weight is 264 g/mol. The molecule has 2 fully saturated rings. The van der Waals surface area contributed by atoms with Crippen molar-refractivity contribution in [3.8, 4) is 0 Å². The molecular weight excluding hydrogens is 232 g/mol. The van der Waals surface area contributed by atoms with Crippen molar-refractivity contribution in [1.29, 1.82) is 0 Å². The summed E-state index contributed by atoms with van der Waals surface area (Å²) in [7, 11) is 0. The number of hydrogen-bond donors (Lipinski definition) is 0. The van der Waals surface area contributed by atoms with Crippen LogP contribution in [-0.2, 0) is 4.74 Å². The maximum atomic E-state index is 6.26. The lowest BCUT2D eigenvalue weighted by Crippen LogP contribution is -2.26. The predicted octanol–water partition coefficient (Wildman–Crippen LogP) is 5.50. The Bertz CT molecular complexity index is 263. The van der Waals surface area contributed by atoms with Crippen LogP contribution in [0.1, 0.15) is 78.1 Å². The third-order valence-corrected chi connectivity index (χ3v) is 5.15.